The molecule has 0 fully saturated rings. The van der Waals surface area contributed by atoms with Crippen molar-refractivity contribution in [2.24, 2.45) is 4.99 Å². The van der Waals surface area contributed by atoms with E-state index in [-0.39, 0.29) is 16.1 Å². The maximum atomic E-state index is 12.4. The molecule has 2 N–H and O–H groups in total. The Morgan fingerprint density at radius 3 is 2.87 bits per heavy atom. The molecule has 0 amide bonds. The van der Waals surface area contributed by atoms with Gasteiger partial charge in [-0.1, -0.05) is 23.8 Å². The number of aryl methyl sites for hydroxylation is 2. The number of aliphatic imine (C=N–C) groups is 1. The Hall–Kier alpha value is -1.99. The van der Waals surface area contributed by atoms with Crippen LogP contribution < -0.4 is 5.56 Å². The van der Waals surface area contributed by atoms with E-state index < -0.39 is 0 Å². The van der Waals surface area contributed by atoms with Crippen molar-refractivity contribution < 1.29 is 4.79 Å². The smallest absolute Gasteiger partial charge is 0.257 e. The molecule has 1 aliphatic heterocycles. The number of nitrogens with one attached hydrogen (secondary N) is 2. The van der Waals surface area contributed by atoms with E-state index in [0.717, 1.165) is 21.7 Å². The molecule has 1 aromatic carbocycles. The van der Waals surface area contributed by atoms with E-state index in [1.165, 1.54) is 11.8 Å². The summed E-state index contributed by atoms with van der Waals surface area (Å²) in [5.74, 6) is 0.864. The number of fused-ring (bicyclic) bond motifs is 1. The molecule has 23 heavy (non-hydrogen) atoms. The average Bonchev–Trinajstić information content (AvgIpc) is 2.88. The molecule has 2 aromatic rings. The standard InChI is InChI=1S/C16H15N3O2S2/c1-8-3-4-10(9(2)5-8)12(20)7-23-13-6-11-14(17-13)18-16(22)19-15(11)21/h3-5H,6-7H2,1-2H3,(H2,18,19,21,22). The normalized spacial score (nSPS) is 12.9. The van der Waals surface area contributed by atoms with Crippen LogP contribution in [0.25, 0.3) is 0 Å². The predicted molar refractivity (Wildman–Crippen MR) is 95.8 cm³/mol. The quantitative estimate of drug-likeness (QED) is 0.661. The zero-order chi connectivity index (χ0) is 16.6. The van der Waals surface area contributed by atoms with E-state index in [2.05, 4.69) is 15.0 Å². The van der Waals surface area contributed by atoms with E-state index in [9.17, 15) is 9.59 Å². The second-order valence-corrected chi connectivity index (χ2v) is 6.90. The molecule has 0 radical (unpaired) electrons. The van der Waals surface area contributed by atoms with Crippen LogP contribution in [-0.4, -0.2) is 26.5 Å². The molecule has 0 unspecified atom stereocenters. The third kappa shape index (κ3) is 3.35. The van der Waals surface area contributed by atoms with Crippen LogP contribution in [0.1, 0.15) is 27.0 Å². The molecule has 0 spiro atoms. The number of carbonyl (C=O) groups is 1. The van der Waals surface area contributed by atoms with Gasteiger partial charge in [-0.05, 0) is 31.6 Å². The second-order valence-electron chi connectivity index (χ2n) is 5.45. The van der Waals surface area contributed by atoms with Gasteiger partial charge in [-0.3, -0.25) is 14.6 Å². The van der Waals surface area contributed by atoms with Crippen molar-refractivity contribution in [1.29, 1.82) is 0 Å². The third-order valence-corrected chi connectivity index (χ3v) is 4.82. The largest absolute Gasteiger partial charge is 0.317 e. The number of carbonyl (C=O) groups excluding carboxylic acids is 1. The van der Waals surface area contributed by atoms with Gasteiger partial charge in [-0.15, -0.1) is 11.8 Å². The van der Waals surface area contributed by atoms with Gasteiger partial charge in [0, 0.05) is 12.0 Å². The summed E-state index contributed by atoms with van der Waals surface area (Å²) in [4.78, 5) is 34.0. The summed E-state index contributed by atoms with van der Waals surface area (Å²) in [6, 6.07) is 5.80. The minimum absolute atomic E-state index is 0.0630. The lowest BCUT2D eigenvalue weighted by molar-refractivity contribution is 0.102. The zero-order valence-electron chi connectivity index (χ0n) is 12.7. The maximum absolute atomic E-state index is 12.4. The lowest BCUT2D eigenvalue weighted by Crippen LogP contribution is -2.13. The molecular weight excluding hydrogens is 330 g/mol. The first-order valence-corrected chi connectivity index (χ1v) is 8.49. The van der Waals surface area contributed by atoms with Crippen LogP contribution >= 0.6 is 24.0 Å². The van der Waals surface area contributed by atoms with Gasteiger partial charge in [-0.25, -0.2) is 4.99 Å². The molecule has 0 bridgehead atoms. The second kappa shape index (κ2) is 6.25. The van der Waals surface area contributed by atoms with Crippen LogP contribution in [0.3, 0.4) is 0 Å². The lowest BCUT2D eigenvalue weighted by Gasteiger charge is -2.05. The van der Waals surface area contributed by atoms with Crippen molar-refractivity contribution in [1.82, 2.24) is 9.97 Å². The van der Waals surface area contributed by atoms with Gasteiger partial charge in [0.15, 0.2) is 10.6 Å². The molecule has 0 aliphatic carbocycles. The topological polar surface area (TPSA) is 78.1 Å². The van der Waals surface area contributed by atoms with E-state index in [0.29, 0.717) is 23.6 Å². The Balaban J connectivity index is 1.71. The number of nitrogens with zero attached hydrogens (tertiary/aromatic N) is 1. The summed E-state index contributed by atoms with van der Waals surface area (Å²) in [6.07, 6.45) is 0.432. The highest BCUT2D eigenvalue weighted by molar-refractivity contribution is 8.14. The fraction of sp³-hybridized carbons (Fsp3) is 0.250. The predicted octanol–water partition coefficient (Wildman–Crippen LogP) is 3.25. The number of thioether (sulfide) groups is 1. The van der Waals surface area contributed by atoms with Crippen LogP contribution in [0.4, 0.5) is 5.82 Å². The fourth-order valence-electron chi connectivity index (χ4n) is 2.51. The van der Waals surface area contributed by atoms with Crippen molar-refractivity contribution in [2.45, 2.75) is 20.3 Å². The molecule has 3 rings (SSSR count). The Bertz CT molecular complexity index is 941. The number of H-pyrrole nitrogens is 2. The molecule has 1 aliphatic rings. The molecule has 0 atom stereocenters. The monoisotopic (exact) mass is 345 g/mol. The van der Waals surface area contributed by atoms with Gasteiger partial charge in [0.1, 0.15) is 5.82 Å². The van der Waals surface area contributed by atoms with Crippen LogP contribution in [0, 0.1) is 18.6 Å². The zero-order valence-corrected chi connectivity index (χ0v) is 14.4. The van der Waals surface area contributed by atoms with Crippen molar-refractivity contribution in [3.63, 3.8) is 0 Å². The number of hydrogen-bond acceptors (Lipinski definition) is 5. The highest BCUT2D eigenvalue weighted by Gasteiger charge is 2.20. The summed E-state index contributed by atoms with van der Waals surface area (Å²) < 4.78 is 0.259. The molecular formula is C16H15N3O2S2. The molecule has 0 saturated heterocycles. The first-order valence-electron chi connectivity index (χ1n) is 7.10. The van der Waals surface area contributed by atoms with Gasteiger partial charge in [0.2, 0.25) is 0 Å². The highest BCUT2D eigenvalue weighted by Crippen LogP contribution is 2.26. The van der Waals surface area contributed by atoms with Gasteiger partial charge in [0.25, 0.3) is 5.56 Å². The average molecular weight is 345 g/mol. The highest BCUT2D eigenvalue weighted by atomic mass is 32.2. The number of hydrogen-bond donors (Lipinski definition) is 2. The molecule has 7 heteroatoms. The maximum Gasteiger partial charge on any atom is 0.257 e. The number of aromatic nitrogens is 2. The summed E-state index contributed by atoms with van der Waals surface area (Å²) in [6.45, 7) is 3.94. The van der Waals surface area contributed by atoms with E-state index in [1.54, 1.807) is 0 Å². The van der Waals surface area contributed by atoms with Crippen LogP contribution in [0.15, 0.2) is 28.0 Å². The van der Waals surface area contributed by atoms with Crippen LogP contribution in [0.2, 0.25) is 0 Å². The Kier molecular flexibility index (Phi) is 4.32. The number of ketones is 1. The fourth-order valence-corrected chi connectivity index (χ4v) is 3.56. The van der Waals surface area contributed by atoms with Crippen molar-refractivity contribution >= 4 is 40.6 Å². The van der Waals surface area contributed by atoms with Gasteiger partial charge in [-0.2, -0.15) is 0 Å². The Labute approximate surface area is 142 Å². The van der Waals surface area contributed by atoms with Crippen LogP contribution in [0.5, 0.6) is 0 Å². The Morgan fingerprint density at radius 2 is 2.13 bits per heavy atom. The minimum atomic E-state index is -0.219. The number of rotatable bonds is 3. The van der Waals surface area contributed by atoms with Crippen molar-refractivity contribution in [3.05, 3.63) is 55.6 Å². The first-order chi connectivity index (χ1) is 10.9. The third-order valence-electron chi connectivity index (χ3n) is 3.64. The van der Waals surface area contributed by atoms with Gasteiger partial charge in [0.05, 0.1) is 16.4 Å². The van der Waals surface area contributed by atoms with Crippen molar-refractivity contribution in [3.8, 4) is 0 Å². The number of Topliss-reactive ketones (excluding diaryl/α,β-unsaturated/α-hetero) is 1. The minimum Gasteiger partial charge on any atom is -0.317 e. The summed E-state index contributed by atoms with van der Waals surface area (Å²) in [5.41, 5.74) is 3.20. The SMILES string of the molecule is Cc1ccc(C(=O)CSC2=Nc3[nH]c(=S)[nH]c(=O)c3C2)c(C)c1. The molecule has 0 saturated carbocycles. The number of benzene rings is 1. The molecule has 2 heterocycles. The number of aromatic amines is 2. The molecule has 5 nitrogen and oxygen atoms in total. The molecule has 118 valence electrons. The van der Waals surface area contributed by atoms with Gasteiger partial charge >= 0.3 is 0 Å². The van der Waals surface area contributed by atoms with Gasteiger partial charge < -0.3 is 4.98 Å². The van der Waals surface area contributed by atoms with E-state index in [4.69, 9.17) is 12.2 Å². The Morgan fingerprint density at radius 1 is 1.35 bits per heavy atom. The van der Waals surface area contributed by atoms with E-state index in [1.807, 2.05) is 32.0 Å². The summed E-state index contributed by atoms with van der Waals surface area (Å²) in [7, 11) is 0. The molecule has 1 aromatic heterocycles. The van der Waals surface area contributed by atoms with Crippen LogP contribution in [-0.2, 0) is 6.42 Å². The van der Waals surface area contributed by atoms with E-state index >= 15 is 0 Å². The first kappa shape index (κ1) is 15.9. The summed E-state index contributed by atoms with van der Waals surface area (Å²) in [5, 5.41) is 0.750. The lowest BCUT2D eigenvalue weighted by atomic mass is 10.0. The van der Waals surface area contributed by atoms with Crippen molar-refractivity contribution in [2.75, 3.05) is 5.75 Å². The summed E-state index contributed by atoms with van der Waals surface area (Å²) >= 11 is 6.30.